The van der Waals surface area contributed by atoms with Crippen molar-refractivity contribution in [1.29, 1.82) is 0 Å². The molecule has 162 valence electrons. The normalized spacial score (nSPS) is 16.7. The summed E-state index contributed by atoms with van der Waals surface area (Å²) in [6.07, 6.45) is 1.64. The van der Waals surface area contributed by atoms with Crippen LogP contribution in [0, 0.1) is 6.92 Å². The number of rotatable bonds is 7. The minimum atomic E-state index is -0.172. The zero-order valence-corrected chi connectivity index (χ0v) is 19.6. The van der Waals surface area contributed by atoms with Gasteiger partial charge in [0.2, 0.25) is 11.8 Å². The van der Waals surface area contributed by atoms with E-state index in [2.05, 4.69) is 11.4 Å². The van der Waals surface area contributed by atoms with Gasteiger partial charge in [0.05, 0.1) is 12.6 Å². The zero-order valence-electron chi connectivity index (χ0n) is 18.0. The average Bonchev–Trinajstić information content (AvgIpc) is 3.20. The summed E-state index contributed by atoms with van der Waals surface area (Å²) in [5, 5.41) is 2.77. The molecule has 5 nitrogen and oxygen atoms in total. The van der Waals surface area contributed by atoms with Gasteiger partial charge in [-0.05, 0) is 67.5 Å². The van der Waals surface area contributed by atoms with Crippen molar-refractivity contribution in [2.24, 2.45) is 0 Å². The van der Waals surface area contributed by atoms with E-state index < -0.39 is 0 Å². The Morgan fingerprint density at radius 3 is 2.80 bits per heavy atom. The highest BCUT2D eigenvalue weighted by atomic mass is 35.5. The summed E-state index contributed by atoms with van der Waals surface area (Å²) >= 11 is 7.84. The molecule has 2 aromatic rings. The number of hydrogen-bond donors (Lipinski definition) is 0. The summed E-state index contributed by atoms with van der Waals surface area (Å²) in [5.74, 6) is 0.621. The third-order valence-corrected chi connectivity index (χ3v) is 7.21. The van der Waals surface area contributed by atoms with Crippen LogP contribution >= 0.6 is 22.9 Å². The smallest absolute Gasteiger partial charge is 0.242 e. The number of carbonyl (C=O) groups is 2. The number of benzene rings is 1. The van der Waals surface area contributed by atoms with Gasteiger partial charge in [-0.1, -0.05) is 18.5 Å². The van der Waals surface area contributed by atoms with E-state index in [0.717, 1.165) is 29.7 Å². The summed E-state index contributed by atoms with van der Waals surface area (Å²) in [6, 6.07) is 7.51. The molecule has 1 aliphatic rings. The lowest BCUT2D eigenvalue weighted by Gasteiger charge is -2.37. The van der Waals surface area contributed by atoms with Gasteiger partial charge in [-0.2, -0.15) is 0 Å². The average molecular weight is 449 g/mol. The highest BCUT2D eigenvalue weighted by Crippen LogP contribution is 2.34. The maximum Gasteiger partial charge on any atom is 0.242 e. The number of ether oxygens (including phenoxy) is 1. The van der Waals surface area contributed by atoms with Gasteiger partial charge in [-0.3, -0.25) is 9.59 Å². The van der Waals surface area contributed by atoms with E-state index in [1.165, 1.54) is 11.8 Å². The quantitative estimate of drug-likeness (QED) is 0.607. The van der Waals surface area contributed by atoms with E-state index in [9.17, 15) is 9.59 Å². The third kappa shape index (κ3) is 4.98. The zero-order chi connectivity index (χ0) is 21.8. The maximum absolute atomic E-state index is 13.2. The Hall–Kier alpha value is -2.05. The Balaban J connectivity index is 1.79. The van der Waals surface area contributed by atoms with Crippen molar-refractivity contribution in [3.05, 3.63) is 50.7 Å². The number of nitrogens with zero attached hydrogens (tertiary/aromatic N) is 2. The summed E-state index contributed by atoms with van der Waals surface area (Å²) in [4.78, 5) is 30.2. The number of amides is 2. The summed E-state index contributed by atoms with van der Waals surface area (Å²) in [7, 11) is 0. The molecule has 0 unspecified atom stereocenters. The number of hydrogen-bond acceptors (Lipinski definition) is 4. The van der Waals surface area contributed by atoms with Gasteiger partial charge in [0.25, 0.3) is 0 Å². The molecule has 1 aromatic carbocycles. The van der Waals surface area contributed by atoms with E-state index in [1.807, 2.05) is 43.9 Å². The van der Waals surface area contributed by atoms with Gasteiger partial charge >= 0.3 is 0 Å². The monoisotopic (exact) mass is 448 g/mol. The number of fused-ring (bicyclic) bond motifs is 1. The predicted octanol–water partition coefficient (Wildman–Crippen LogP) is 4.86. The second kappa shape index (κ2) is 9.84. The van der Waals surface area contributed by atoms with Crippen LogP contribution in [-0.4, -0.2) is 47.4 Å². The molecule has 2 atom stereocenters. The number of carbonyl (C=O) groups excluding carboxylic acids is 2. The molecule has 1 aliphatic heterocycles. The van der Waals surface area contributed by atoms with Gasteiger partial charge in [0, 0.05) is 29.4 Å². The molecule has 1 aromatic heterocycles. The molecule has 30 heavy (non-hydrogen) atoms. The van der Waals surface area contributed by atoms with E-state index in [1.54, 1.807) is 16.2 Å². The van der Waals surface area contributed by atoms with Crippen molar-refractivity contribution < 1.29 is 14.3 Å². The molecule has 3 rings (SSSR count). The van der Waals surface area contributed by atoms with E-state index in [0.29, 0.717) is 18.2 Å². The molecule has 0 N–H and O–H groups in total. The van der Waals surface area contributed by atoms with Crippen LogP contribution in [0.3, 0.4) is 0 Å². The van der Waals surface area contributed by atoms with Crippen LogP contribution in [0.5, 0.6) is 5.75 Å². The lowest BCUT2D eigenvalue weighted by molar-refractivity contribution is -0.143. The van der Waals surface area contributed by atoms with Crippen LogP contribution in [-0.2, 0) is 16.0 Å². The SMILES string of the molecule is CC[C@@H](C)N(CC(=O)N1CCc2sccc2[C@@H]1COc1ccc(Cl)c(C)c1)C(C)=O. The first-order chi connectivity index (χ1) is 14.3. The minimum absolute atomic E-state index is 0.0275. The Bertz CT molecular complexity index is 914. The van der Waals surface area contributed by atoms with Gasteiger partial charge in [0.15, 0.2) is 0 Å². The van der Waals surface area contributed by atoms with Crippen LogP contribution in [0.25, 0.3) is 0 Å². The lowest BCUT2D eigenvalue weighted by Crippen LogP contribution is -2.49. The van der Waals surface area contributed by atoms with Crippen molar-refractivity contribution in [3.8, 4) is 5.75 Å². The molecule has 0 fully saturated rings. The minimum Gasteiger partial charge on any atom is -0.491 e. The van der Waals surface area contributed by atoms with Gasteiger partial charge in [0.1, 0.15) is 12.4 Å². The molecule has 0 saturated heterocycles. The first-order valence-electron chi connectivity index (χ1n) is 10.3. The van der Waals surface area contributed by atoms with Crippen molar-refractivity contribution in [1.82, 2.24) is 9.80 Å². The Morgan fingerprint density at radius 2 is 2.13 bits per heavy atom. The molecular weight excluding hydrogens is 420 g/mol. The van der Waals surface area contributed by atoms with Crippen LogP contribution in [0.2, 0.25) is 5.02 Å². The maximum atomic E-state index is 13.2. The summed E-state index contributed by atoms with van der Waals surface area (Å²) in [5.41, 5.74) is 2.09. The number of thiophene rings is 1. The largest absolute Gasteiger partial charge is 0.491 e. The number of aryl methyl sites for hydroxylation is 1. The molecule has 0 spiro atoms. The van der Waals surface area contributed by atoms with Crippen molar-refractivity contribution in [3.63, 3.8) is 0 Å². The van der Waals surface area contributed by atoms with Crippen LogP contribution < -0.4 is 4.74 Å². The van der Waals surface area contributed by atoms with Crippen LogP contribution in [0.4, 0.5) is 0 Å². The summed E-state index contributed by atoms with van der Waals surface area (Å²) < 4.78 is 6.08. The Kier molecular flexibility index (Phi) is 7.42. The first kappa shape index (κ1) is 22.6. The molecule has 2 heterocycles. The Labute approximate surface area is 187 Å². The summed E-state index contributed by atoms with van der Waals surface area (Å²) in [6.45, 7) is 8.55. The Morgan fingerprint density at radius 1 is 1.37 bits per heavy atom. The van der Waals surface area contributed by atoms with Crippen molar-refractivity contribution in [2.75, 3.05) is 19.7 Å². The lowest BCUT2D eigenvalue weighted by atomic mass is 10.00. The molecule has 2 amide bonds. The molecule has 0 bridgehead atoms. The third-order valence-electron chi connectivity index (χ3n) is 5.79. The van der Waals surface area contributed by atoms with Gasteiger partial charge < -0.3 is 14.5 Å². The molecule has 0 saturated carbocycles. The second-order valence-corrected chi connectivity index (χ2v) is 9.19. The highest BCUT2D eigenvalue weighted by molar-refractivity contribution is 7.10. The molecule has 0 aliphatic carbocycles. The molecule has 0 radical (unpaired) electrons. The van der Waals surface area contributed by atoms with Crippen molar-refractivity contribution >= 4 is 34.8 Å². The standard InChI is InChI=1S/C23H29ClN2O3S/c1-5-16(3)26(17(4)27)13-23(28)25-10-8-22-19(9-11-30-22)21(25)14-29-18-6-7-20(24)15(2)12-18/h6-7,9,11-12,16,21H,5,8,10,13-14H2,1-4H3/t16-,21+/m1/s1. The fraction of sp³-hybridized carbons (Fsp3) is 0.478. The van der Waals surface area contributed by atoms with Gasteiger partial charge in [-0.15, -0.1) is 11.3 Å². The highest BCUT2D eigenvalue weighted by Gasteiger charge is 2.33. The fourth-order valence-electron chi connectivity index (χ4n) is 3.79. The van der Waals surface area contributed by atoms with E-state index in [-0.39, 0.29) is 30.4 Å². The van der Waals surface area contributed by atoms with Crippen LogP contribution in [0.15, 0.2) is 29.6 Å². The first-order valence-corrected chi connectivity index (χ1v) is 11.6. The topological polar surface area (TPSA) is 49.9 Å². The van der Waals surface area contributed by atoms with Gasteiger partial charge in [-0.25, -0.2) is 0 Å². The number of halogens is 1. The van der Waals surface area contributed by atoms with Crippen molar-refractivity contribution in [2.45, 2.75) is 52.6 Å². The second-order valence-electron chi connectivity index (χ2n) is 7.78. The molecule has 7 heteroatoms. The van der Waals surface area contributed by atoms with E-state index in [4.69, 9.17) is 16.3 Å². The molecular formula is C23H29ClN2O3S. The van der Waals surface area contributed by atoms with Crippen LogP contribution in [0.1, 0.15) is 49.2 Å². The van der Waals surface area contributed by atoms with E-state index >= 15 is 0 Å². The fourth-order valence-corrected chi connectivity index (χ4v) is 4.84. The predicted molar refractivity (Wildman–Crippen MR) is 121 cm³/mol.